The molecule has 0 saturated carbocycles. The summed E-state index contributed by atoms with van der Waals surface area (Å²) in [6, 6.07) is 14.4. The van der Waals surface area contributed by atoms with Gasteiger partial charge in [-0.3, -0.25) is 9.69 Å². The highest BCUT2D eigenvalue weighted by atomic mass is 32.2. The van der Waals surface area contributed by atoms with Crippen LogP contribution in [-0.2, 0) is 14.8 Å². The van der Waals surface area contributed by atoms with Crippen LogP contribution >= 0.6 is 0 Å². The van der Waals surface area contributed by atoms with Crippen molar-refractivity contribution in [1.82, 2.24) is 0 Å². The minimum Gasteiger partial charge on any atom is -0.326 e. The molecule has 0 unspecified atom stereocenters. The number of hydrogen-bond acceptors (Lipinski definition) is 4. The monoisotopic (exact) mass is 371 g/mol. The summed E-state index contributed by atoms with van der Waals surface area (Å²) >= 11 is 0. The van der Waals surface area contributed by atoms with Gasteiger partial charge in [0, 0.05) is 24.2 Å². The molecule has 1 amide bonds. The first-order valence-electron chi connectivity index (χ1n) is 8.45. The van der Waals surface area contributed by atoms with E-state index < -0.39 is 10.0 Å². The zero-order chi connectivity index (χ0) is 18.9. The summed E-state index contributed by atoms with van der Waals surface area (Å²) in [5.74, 6) is 0.202. The molecule has 3 rings (SSSR count). The number of benzene rings is 2. The third-order valence-electron chi connectivity index (χ3n) is 4.31. The SMILES string of the molecule is CC[C@H](C)C1=NS(=O)(=O)c2cc(NC(C)=O)ccc2N1c1ccccc1. The lowest BCUT2D eigenvalue weighted by atomic mass is 10.1. The molecular weight excluding hydrogens is 350 g/mol. The number of carbonyl (C=O) groups excluding carboxylic acids is 1. The van der Waals surface area contributed by atoms with Gasteiger partial charge in [-0.25, -0.2) is 0 Å². The number of carbonyl (C=O) groups is 1. The van der Waals surface area contributed by atoms with Crippen molar-refractivity contribution in [2.75, 3.05) is 10.2 Å². The number of sulfonamides is 1. The molecule has 1 N–H and O–H groups in total. The molecule has 0 aromatic heterocycles. The number of rotatable bonds is 4. The molecule has 1 atom stereocenters. The van der Waals surface area contributed by atoms with Gasteiger partial charge in [0.1, 0.15) is 10.7 Å². The Morgan fingerprint density at radius 3 is 2.50 bits per heavy atom. The summed E-state index contributed by atoms with van der Waals surface area (Å²) in [4.78, 5) is 13.3. The van der Waals surface area contributed by atoms with Gasteiger partial charge < -0.3 is 5.32 Å². The molecule has 0 bridgehead atoms. The predicted molar refractivity (Wildman–Crippen MR) is 103 cm³/mol. The molecule has 0 spiro atoms. The van der Waals surface area contributed by atoms with Crippen LogP contribution in [0.25, 0.3) is 0 Å². The molecule has 26 heavy (non-hydrogen) atoms. The average Bonchev–Trinajstić information content (AvgIpc) is 2.61. The number of hydrogen-bond donors (Lipinski definition) is 1. The maximum absolute atomic E-state index is 12.8. The molecule has 0 saturated heterocycles. The van der Waals surface area contributed by atoms with Gasteiger partial charge in [0.25, 0.3) is 10.0 Å². The fourth-order valence-corrected chi connectivity index (χ4v) is 4.17. The lowest BCUT2D eigenvalue weighted by Gasteiger charge is -2.33. The second-order valence-corrected chi connectivity index (χ2v) is 7.84. The van der Waals surface area contributed by atoms with Crippen molar-refractivity contribution in [3.63, 3.8) is 0 Å². The highest BCUT2D eigenvalue weighted by Gasteiger charge is 2.34. The molecule has 0 radical (unpaired) electrons. The molecule has 136 valence electrons. The molecule has 7 heteroatoms. The standard InChI is InChI=1S/C19H21N3O3S/c1-4-13(2)19-21-26(24,25)18-12-15(20-14(3)23)10-11-17(18)22(19)16-8-6-5-7-9-16/h5-13H,4H2,1-3H3,(H,20,23)/t13-/m0/s1. The van der Waals surface area contributed by atoms with E-state index in [0.717, 1.165) is 12.1 Å². The van der Waals surface area contributed by atoms with Crippen molar-refractivity contribution in [1.29, 1.82) is 0 Å². The number of amides is 1. The Morgan fingerprint density at radius 2 is 1.88 bits per heavy atom. The van der Waals surface area contributed by atoms with Gasteiger partial charge in [-0.2, -0.15) is 8.42 Å². The van der Waals surface area contributed by atoms with Crippen LogP contribution in [0.5, 0.6) is 0 Å². The van der Waals surface area contributed by atoms with E-state index in [1.54, 1.807) is 12.1 Å². The summed E-state index contributed by atoms with van der Waals surface area (Å²) < 4.78 is 29.7. The Hall–Kier alpha value is -2.67. The fraction of sp³-hybridized carbons (Fsp3) is 0.263. The van der Waals surface area contributed by atoms with E-state index in [4.69, 9.17) is 0 Å². The van der Waals surface area contributed by atoms with Gasteiger partial charge in [0.2, 0.25) is 5.91 Å². The van der Waals surface area contributed by atoms with Crippen LogP contribution in [0.15, 0.2) is 57.8 Å². The zero-order valence-electron chi connectivity index (χ0n) is 14.9. The van der Waals surface area contributed by atoms with Crippen molar-refractivity contribution < 1.29 is 13.2 Å². The number of nitrogens with zero attached hydrogens (tertiary/aromatic N) is 2. The van der Waals surface area contributed by atoms with Crippen LogP contribution in [0, 0.1) is 5.92 Å². The maximum Gasteiger partial charge on any atom is 0.286 e. The number of anilines is 3. The molecule has 1 aliphatic heterocycles. The predicted octanol–water partition coefficient (Wildman–Crippen LogP) is 3.93. The topological polar surface area (TPSA) is 78.8 Å². The lowest BCUT2D eigenvalue weighted by molar-refractivity contribution is -0.114. The highest BCUT2D eigenvalue weighted by Crippen LogP contribution is 2.39. The Kier molecular flexibility index (Phi) is 4.82. The van der Waals surface area contributed by atoms with Crippen LogP contribution in [-0.4, -0.2) is 20.2 Å². The van der Waals surface area contributed by atoms with Crippen LogP contribution in [0.3, 0.4) is 0 Å². The number of para-hydroxylation sites is 1. The fourth-order valence-electron chi connectivity index (χ4n) is 2.86. The third kappa shape index (κ3) is 3.35. The Bertz CT molecular complexity index is 969. The minimum atomic E-state index is -3.85. The largest absolute Gasteiger partial charge is 0.326 e. The number of fused-ring (bicyclic) bond motifs is 1. The normalized spacial score (nSPS) is 16.4. The van der Waals surface area contributed by atoms with E-state index in [1.165, 1.54) is 13.0 Å². The number of nitrogens with one attached hydrogen (secondary N) is 1. The van der Waals surface area contributed by atoms with Gasteiger partial charge in [-0.15, -0.1) is 4.40 Å². The van der Waals surface area contributed by atoms with E-state index in [-0.39, 0.29) is 16.7 Å². The zero-order valence-corrected chi connectivity index (χ0v) is 15.7. The van der Waals surface area contributed by atoms with Crippen molar-refractivity contribution in [3.05, 3.63) is 48.5 Å². The second kappa shape index (κ2) is 6.92. The average molecular weight is 371 g/mol. The van der Waals surface area contributed by atoms with E-state index >= 15 is 0 Å². The molecule has 0 fully saturated rings. The summed E-state index contributed by atoms with van der Waals surface area (Å²) in [5, 5.41) is 2.62. The first-order valence-corrected chi connectivity index (χ1v) is 9.89. The van der Waals surface area contributed by atoms with E-state index in [1.807, 2.05) is 49.1 Å². The second-order valence-electron chi connectivity index (χ2n) is 6.27. The first kappa shape index (κ1) is 18.1. The van der Waals surface area contributed by atoms with Crippen LogP contribution < -0.4 is 10.2 Å². The summed E-state index contributed by atoms with van der Waals surface area (Å²) in [6.45, 7) is 5.34. The van der Waals surface area contributed by atoms with Crippen LogP contribution in [0.1, 0.15) is 27.2 Å². The molecule has 1 heterocycles. The summed E-state index contributed by atoms with van der Waals surface area (Å²) in [7, 11) is -3.85. The van der Waals surface area contributed by atoms with Crippen LogP contribution in [0.2, 0.25) is 0 Å². The van der Waals surface area contributed by atoms with Crippen LogP contribution in [0.4, 0.5) is 17.1 Å². The highest BCUT2D eigenvalue weighted by molar-refractivity contribution is 7.90. The van der Waals surface area contributed by atoms with E-state index in [9.17, 15) is 13.2 Å². The summed E-state index contributed by atoms with van der Waals surface area (Å²) in [6.07, 6.45) is 0.761. The molecule has 1 aliphatic rings. The molecule has 2 aromatic rings. The minimum absolute atomic E-state index is 0.0341. The Balaban J connectivity index is 2.23. The van der Waals surface area contributed by atoms with Gasteiger partial charge in [-0.05, 0) is 36.8 Å². The Morgan fingerprint density at radius 1 is 1.19 bits per heavy atom. The van der Waals surface area contributed by atoms with E-state index in [0.29, 0.717) is 17.2 Å². The summed E-state index contributed by atoms with van der Waals surface area (Å²) in [5.41, 5.74) is 1.81. The van der Waals surface area contributed by atoms with Crippen molar-refractivity contribution >= 4 is 38.8 Å². The third-order valence-corrected chi connectivity index (χ3v) is 5.62. The van der Waals surface area contributed by atoms with Gasteiger partial charge in [0.15, 0.2) is 0 Å². The molecule has 6 nitrogen and oxygen atoms in total. The quantitative estimate of drug-likeness (QED) is 0.883. The van der Waals surface area contributed by atoms with Crippen molar-refractivity contribution in [2.45, 2.75) is 32.1 Å². The lowest BCUT2D eigenvalue weighted by Crippen LogP contribution is -2.36. The van der Waals surface area contributed by atoms with Gasteiger partial charge in [0.05, 0.1) is 5.69 Å². The van der Waals surface area contributed by atoms with Gasteiger partial charge in [-0.1, -0.05) is 32.0 Å². The number of amidine groups is 1. The van der Waals surface area contributed by atoms with Crippen molar-refractivity contribution in [2.24, 2.45) is 10.3 Å². The van der Waals surface area contributed by atoms with Gasteiger partial charge >= 0.3 is 0 Å². The van der Waals surface area contributed by atoms with E-state index in [2.05, 4.69) is 9.71 Å². The van der Waals surface area contributed by atoms with Crippen molar-refractivity contribution in [3.8, 4) is 0 Å². The Labute approximate surface area is 153 Å². The maximum atomic E-state index is 12.8. The first-order chi connectivity index (χ1) is 12.3. The molecule has 0 aliphatic carbocycles. The molecular formula is C19H21N3O3S. The molecule has 2 aromatic carbocycles. The smallest absolute Gasteiger partial charge is 0.286 e.